The lowest BCUT2D eigenvalue weighted by Crippen LogP contribution is -2.36. The summed E-state index contributed by atoms with van der Waals surface area (Å²) >= 11 is 0. The molecule has 130 valence electrons. The first-order valence-corrected chi connectivity index (χ1v) is 7.86. The van der Waals surface area contributed by atoms with Crippen LogP contribution in [0.2, 0.25) is 0 Å². The summed E-state index contributed by atoms with van der Waals surface area (Å²) in [6.07, 6.45) is 0. The number of anilines is 2. The van der Waals surface area contributed by atoms with Gasteiger partial charge in [0.25, 0.3) is 0 Å². The van der Waals surface area contributed by atoms with Crippen LogP contribution in [0.25, 0.3) is 0 Å². The van der Waals surface area contributed by atoms with Crippen LogP contribution < -0.4 is 16.2 Å². The Kier molecular flexibility index (Phi) is 5.10. The molecule has 0 saturated carbocycles. The number of rotatable bonds is 5. The number of aromatic nitrogens is 1. The van der Waals surface area contributed by atoms with Crippen molar-refractivity contribution >= 4 is 23.0 Å². The minimum absolute atomic E-state index is 0.222. The number of morpholine rings is 1. The van der Waals surface area contributed by atoms with E-state index >= 15 is 0 Å². The summed E-state index contributed by atoms with van der Waals surface area (Å²) in [5, 5.41) is 8.36. The van der Waals surface area contributed by atoms with E-state index in [4.69, 9.17) is 20.9 Å². The number of nitrogens with two attached hydrogens (primary N) is 2. The average Bonchev–Trinajstić information content (AvgIpc) is 2.63. The van der Waals surface area contributed by atoms with Gasteiger partial charge in [0, 0.05) is 13.1 Å². The van der Waals surface area contributed by atoms with Gasteiger partial charge in [0.1, 0.15) is 17.2 Å². The molecule has 3 rings (SSSR count). The Morgan fingerprint density at radius 2 is 1.80 bits per heavy atom. The largest absolute Gasteiger partial charge is 0.440 e. The van der Waals surface area contributed by atoms with Crippen molar-refractivity contribution in [2.24, 2.45) is 10.2 Å². The van der Waals surface area contributed by atoms with E-state index in [1.54, 1.807) is 18.2 Å². The second-order valence-electron chi connectivity index (χ2n) is 5.40. The normalized spacial score (nSPS) is 14.6. The summed E-state index contributed by atoms with van der Waals surface area (Å²) in [5.41, 5.74) is 12.4. The molecule has 8 nitrogen and oxygen atoms in total. The van der Waals surface area contributed by atoms with Gasteiger partial charge in [-0.1, -0.05) is 12.1 Å². The van der Waals surface area contributed by atoms with Gasteiger partial charge >= 0.3 is 0 Å². The molecule has 0 aliphatic carbocycles. The zero-order valence-corrected chi connectivity index (χ0v) is 13.8. The van der Waals surface area contributed by atoms with E-state index < -0.39 is 0 Å². The van der Waals surface area contributed by atoms with Gasteiger partial charge < -0.3 is 25.8 Å². The smallest absolute Gasteiger partial charge is 0.189 e. The van der Waals surface area contributed by atoms with Crippen LogP contribution in [-0.4, -0.2) is 36.2 Å². The van der Waals surface area contributed by atoms with Crippen LogP contribution in [0.3, 0.4) is 0 Å². The molecule has 0 spiro atoms. The SMILES string of the molecule is C=C(Oc1ccccc1N=Nc1ccc(N)nc1N)N1CCOCC1. The lowest BCUT2D eigenvalue weighted by Gasteiger charge is -2.29. The van der Waals surface area contributed by atoms with E-state index in [1.807, 2.05) is 23.1 Å². The van der Waals surface area contributed by atoms with E-state index in [1.165, 1.54) is 0 Å². The van der Waals surface area contributed by atoms with Gasteiger partial charge in [-0.05, 0) is 30.8 Å². The summed E-state index contributed by atoms with van der Waals surface area (Å²) in [6, 6.07) is 10.6. The molecule has 0 bridgehead atoms. The molecule has 0 unspecified atom stereocenters. The van der Waals surface area contributed by atoms with Crippen molar-refractivity contribution in [3.05, 3.63) is 48.9 Å². The third-order valence-electron chi connectivity index (χ3n) is 3.65. The maximum Gasteiger partial charge on any atom is 0.189 e. The van der Waals surface area contributed by atoms with E-state index in [0.29, 0.717) is 42.0 Å². The Hall–Kier alpha value is -3.13. The van der Waals surface area contributed by atoms with Gasteiger partial charge in [-0.25, -0.2) is 4.98 Å². The zero-order valence-electron chi connectivity index (χ0n) is 13.8. The van der Waals surface area contributed by atoms with Gasteiger partial charge in [0.05, 0.1) is 13.2 Å². The Morgan fingerprint density at radius 3 is 2.56 bits per heavy atom. The molecule has 1 aromatic heterocycles. The van der Waals surface area contributed by atoms with Crippen molar-refractivity contribution in [3.8, 4) is 5.75 Å². The van der Waals surface area contributed by atoms with Crippen LogP contribution in [0.5, 0.6) is 5.75 Å². The van der Waals surface area contributed by atoms with Crippen LogP contribution in [0.15, 0.2) is 59.1 Å². The molecule has 1 aromatic carbocycles. The number of nitrogen functional groups attached to an aromatic ring is 2. The Balaban J connectivity index is 1.76. The number of benzene rings is 1. The predicted molar refractivity (Wildman–Crippen MR) is 95.8 cm³/mol. The molecule has 25 heavy (non-hydrogen) atoms. The number of hydrogen-bond donors (Lipinski definition) is 2. The van der Waals surface area contributed by atoms with E-state index in [9.17, 15) is 0 Å². The molecule has 2 heterocycles. The molecule has 1 aliphatic rings. The Labute approximate surface area is 145 Å². The fraction of sp³-hybridized carbons (Fsp3) is 0.235. The molecular formula is C17H20N6O2. The monoisotopic (exact) mass is 340 g/mol. The van der Waals surface area contributed by atoms with Crippen LogP contribution >= 0.6 is 0 Å². The topological polar surface area (TPSA) is 111 Å². The molecule has 0 atom stereocenters. The third kappa shape index (κ3) is 4.24. The van der Waals surface area contributed by atoms with Crippen molar-refractivity contribution in [1.29, 1.82) is 0 Å². The Bertz CT molecular complexity index is 786. The second-order valence-corrected chi connectivity index (χ2v) is 5.40. The Morgan fingerprint density at radius 1 is 1.08 bits per heavy atom. The number of nitrogens with zero attached hydrogens (tertiary/aromatic N) is 4. The van der Waals surface area contributed by atoms with Crippen molar-refractivity contribution in [1.82, 2.24) is 9.88 Å². The van der Waals surface area contributed by atoms with Gasteiger partial charge in [-0.3, -0.25) is 0 Å². The third-order valence-corrected chi connectivity index (χ3v) is 3.65. The summed E-state index contributed by atoms with van der Waals surface area (Å²) in [6.45, 7) is 6.80. The minimum Gasteiger partial charge on any atom is -0.440 e. The zero-order chi connectivity index (χ0) is 17.6. The first-order chi connectivity index (χ1) is 12.1. The van der Waals surface area contributed by atoms with Crippen LogP contribution in [0.4, 0.5) is 23.0 Å². The minimum atomic E-state index is 0.222. The molecule has 0 amide bonds. The highest BCUT2D eigenvalue weighted by Gasteiger charge is 2.15. The van der Waals surface area contributed by atoms with Gasteiger partial charge in [0.2, 0.25) is 0 Å². The van der Waals surface area contributed by atoms with Gasteiger partial charge in [-0.15, -0.1) is 10.2 Å². The van der Waals surface area contributed by atoms with Gasteiger partial charge in [0.15, 0.2) is 17.5 Å². The fourth-order valence-corrected chi connectivity index (χ4v) is 2.31. The molecule has 0 radical (unpaired) electrons. The first kappa shape index (κ1) is 16.7. The molecule has 4 N–H and O–H groups in total. The van der Waals surface area contributed by atoms with Crippen molar-refractivity contribution < 1.29 is 9.47 Å². The average molecular weight is 340 g/mol. The number of pyridine rings is 1. The van der Waals surface area contributed by atoms with Gasteiger partial charge in [-0.2, -0.15) is 0 Å². The quantitative estimate of drug-likeness (QED) is 0.639. The van der Waals surface area contributed by atoms with Crippen molar-refractivity contribution in [3.63, 3.8) is 0 Å². The molecule has 1 aliphatic heterocycles. The van der Waals surface area contributed by atoms with E-state index in [2.05, 4.69) is 21.8 Å². The molecular weight excluding hydrogens is 320 g/mol. The van der Waals surface area contributed by atoms with E-state index in [-0.39, 0.29) is 5.82 Å². The molecule has 8 heteroatoms. The number of ether oxygens (including phenoxy) is 2. The maximum absolute atomic E-state index is 5.88. The maximum atomic E-state index is 5.88. The summed E-state index contributed by atoms with van der Waals surface area (Å²) in [4.78, 5) is 5.98. The first-order valence-electron chi connectivity index (χ1n) is 7.86. The lowest BCUT2D eigenvalue weighted by atomic mass is 10.3. The van der Waals surface area contributed by atoms with Crippen LogP contribution in [0.1, 0.15) is 0 Å². The van der Waals surface area contributed by atoms with Crippen molar-refractivity contribution in [2.45, 2.75) is 0 Å². The highest BCUT2D eigenvalue weighted by molar-refractivity contribution is 5.60. The second kappa shape index (κ2) is 7.63. The molecule has 1 saturated heterocycles. The fourth-order valence-electron chi connectivity index (χ4n) is 2.31. The summed E-state index contributed by atoms with van der Waals surface area (Å²) in [7, 11) is 0. The molecule has 1 fully saturated rings. The number of para-hydroxylation sites is 1. The number of hydrogen-bond acceptors (Lipinski definition) is 8. The van der Waals surface area contributed by atoms with Crippen LogP contribution in [-0.2, 0) is 4.74 Å². The molecule has 2 aromatic rings. The predicted octanol–water partition coefficient (Wildman–Crippen LogP) is 2.84. The highest BCUT2D eigenvalue weighted by Crippen LogP contribution is 2.31. The standard InChI is InChI=1S/C17H20N6O2/c1-12(23-8-10-24-11-9-23)25-15-5-3-2-4-13(15)21-22-14-6-7-16(18)20-17(14)19/h2-7H,1,8-11H2,(H4,18,19,20). The van der Waals surface area contributed by atoms with E-state index in [0.717, 1.165) is 13.1 Å². The number of azo groups is 1. The van der Waals surface area contributed by atoms with Crippen LogP contribution in [0, 0.1) is 0 Å². The van der Waals surface area contributed by atoms with Crippen molar-refractivity contribution in [2.75, 3.05) is 37.8 Å². The summed E-state index contributed by atoms with van der Waals surface area (Å²) in [5.74, 6) is 1.67. The summed E-state index contributed by atoms with van der Waals surface area (Å²) < 4.78 is 11.2. The highest BCUT2D eigenvalue weighted by atomic mass is 16.5. The lowest BCUT2D eigenvalue weighted by molar-refractivity contribution is 0.0355.